The lowest BCUT2D eigenvalue weighted by Crippen LogP contribution is -2.53. The fourth-order valence-corrected chi connectivity index (χ4v) is 5.58. The Kier molecular flexibility index (Phi) is 11.1. The van der Waals surface area contributed by atoms with E-state index < -0.39 is 29.7 Å². The van der Waals surface area contributed by atoms with Gasteiger partial charge in [0.2, 0.25) is 5.91 Å². The second kappa shape index (κ2) is 15.0. The van der Waals surface area contributed by atoms with E-state index in [-0.39, 0.29) is 18.1 Å². The number of rotatable bonds is 11. The van der Waals surface area contributed by atoms with Crippen LogP contribution in [0.3, 0.4) is 0 Å². The molecule has 0 bridgehead atoms. The summed E-state index contributed by atoms with van der Waals surface area (Å²) in [5.41, 5.74) is 3.07. The molecule has 0 saturated carbocycles. The third-order valence-corrected chi connectivity index (χ3v) is 7.79. The molecule has 0 aliphatic rings. The van der Waals surface area contributed by atoms with Crippen molar-refractivity contribution in [3.63, 3.8) is 0 Å². The molecular formula is C38H45N3O5. The highest BCUT2D eigenvalue weighted by Crippen LogP contribution is 2.31. The molecular weight excluding hydrogens is 578 g/mol. The van der Waals surface area contributed by atoms with Crippen molar-refractivity contribution in [3.05, 3.63) is 107 Å². The van der Waals surface area contributed by atoms with Crippen molar-refractivity contribution in [1.29, 1.82) is 0 Å². The Morgan fingerprint density at radius 3 is 2.15 bits per heavy atom. The van der Waals surface area contributed by atoms with Gasteiger partial charge in [0.05, 0.1) is 0 Å². The van der Waals surface area contributed by atoms with E-state index in [9.17, 15) is 19.5 Å². The highest BCUT2D eigenvalue weighted by Gasteiger charge is 2.37. The molecule has 0 radical (unpaired) electrons. The number of phenols is 1. The van der Waals surface area contributed by atoms with Crippen LogP contribution in [-0.2, 0) is 20.7 Å². The SMILES string of the molecule is CCCCN(C(=O)C(Cc1ccc(O)cc1)NC(=O)OC(C)(C)C)C(C(=O)Nc1ccc2ccccc2c1)c1c(C)cccc1C. The van der Waals surface area contributed by atoms with Gasteiger partial charge in [0.15, 0.2) is 0 Å². The maximum absolute atomic E-state index is 14.7. The molecule has 2 unspecified atom stereocenters. The summed E-state index contributed by atoms with van der Waals surface area (Å²) < 4.78 is 5.54. The van der Waals surface area contributed by atoms with Crippen molar-refractivity contribution >= 4 is 34.4 Å². The van der Waals surface area contributed by atoms with E-state index in [1.54, 1.807) is 37.8 Å². The normalized spacial score (nSPS) is 12.7. The minimum absolute atomic E-state index is 0.0942. The van der Waals surface area contributed by atoms with Gasteiger partial charge in [-0.15, -0.1) is 0 Å². The summed E-state index contributed by atoms with van der Waals surface area (Å²) in [6.45, 7) is 11.5. The Morgan fingerprint density at radius 1 is 0.870 bits per heavy atom. The van der Waals surface area contributed by atoms with E-state index in [1.165, 1.54) is 12.1 Å². The molecule has 0 fully saturated rings. The minimum Gasteiger partial charge on any atom is -0.508 e. The number of hydrogen-bond acceptors (Lipinski definition) is 5. The number of phenolic OH excluding ortho intramolecular Hbond substituents is 1. The molecule has 4 rings (SSSR count). The molecule has 0 aromatic heterocycles. The molecule has 0 saturated heterocycles. The first-order chi connectivity index (χ1) is 21.9. The van der Waals surface area contributed by atoms with Crippen LogP contribution in [0.4, 0.5) is 10.5 Å². The van der Waals surface area contributed by atoms with Gasteiger partial charge in [0, 0.05) is 18.7 Å². The van der Waals surface area contributed by atoms with Gasteiger partial charge in [-0.1, -0.05) is 74.0 Å². The van der Waals surface area contributed by atoms with Crippen LogP contribution in [0.1, 0.15) is 68.8 Å². The third kappa shape index (κ3) is 8.87. The Hall–Kier alpha value is -4.85. The summed E-state index contributed by atoms with van der Waals surface area (Å²) in [6.07, 6.45) is 0.837. The molecule has 8 nitrogen and oxygen atoms in total. The fourth-order valence-electron chi connectivity index (χ4n) is 5.58. The van der Waals surface area contributed by atoms with Crippen molar-refractivity contribution in [2.75, 3.05) is 11.9 Å². The first kappa shape index (κ1) is 34.0. The van der Waals surface area contributed by atoms with Crippen LogP contribution in [0.25, 0.3) is 10.8 Å². The lowest BCUT2D eigenvalue weighted by Gasteiger charge is -2.36. The van der Waals surface area contributed by atoms with Crippen molar-refractivity contribution < 1.29 is 24.2 Å². The zero-order valence-electron chi connectivity index (χ0n) is 27.6. The van der Waals surface area contributed by atoms with Gasteiger partial charge in [-0.25, -0.2) is 4.79 Å². The summed E-state index contributed by atoms with van der Waals surface area (Å²) in [7, 11) is 0. The zero-order chi connectivity index (χ0) is 33.4. The zero-order valence-corrected chi connectivity index (χ0v) is 27.6. The number of fused-ring (bicyclic) bond motifs is 1. The largest absolute Gasteiger partial charge is 0.508 e. The Morgan fingerprint density at radius 2 is 1.52 bits per heavy atom. The van der Waals surface area contributed by atoms with Crippen LogP contribution in [0, 0.1) is 13.8 Å². The number of aromatic hydroxyl groups is 1. The predicted octanol–water partition coefficient (Wildman–Crippen LogP) is 7.61. The van der Waals surface area contributed by atoms with E-state index in [0.717, 1.165) is 39.4 Å². The van der Waals surface area contributed by atoms with E-state index in [0.29, 0.717) is 18.7 Å². The molecule has 3 amide bonds. The second-order valence-corrected chi connectivity index (χ2v) is 12.7. The molecule has 2 atom stereocenters. The number of nitrogens with one attached hydrogen (secondary N) is 2. The van der Waals surface area contributed by atoms with Gasteiger partial charge in [0.25, 0.3) is 5.91 Å². The number of carbonyl (C=O) groups excluding carboxylic acids is 3. The van der Waals surface area contributed by atoms with Crippen LogP contribution in [-0.4, -0.2) is 46.1 Å². The Bertz CT molecular complexity index is 1660. The first-order valence-electron chi connectivity index (χ1n) is 15.8. The number of amides is 3. The molecule has 0 spiro atoms. The number of hydrogen-bond donors (Lipinski definition) is 3. The van der Waals surface area contributed by atoms with Crippen molar-refractivity contribution in [2.24, 2.45) is 0 Å². The van der Waals surface area contributed by atoms with Crippen molar-refractivity contribution in [1.82, 2.24) is 10.2 Å². The quantitative estimate of drug-likeness (QED) is 0.159. The number of alkyl carbamates (subject to hydrolysis) is 1. The lowest BCUT2D eigenvalue weighted by molar-refractivity contribution is -0.140. The average Bonchev–Trinajstić information content (AvgIpc) is 2.99. The fraction of sp³-hybridized carbons (Fsp3) is 0.342. The van der Waals surface area contributed by atoms with E-state index >= 15 is 0 Å². The molecule has 242 valence electrons. The highest BCUT2D eigenvalue weighted by atomic mass is 16.6. The smallest absolute Gasteiger partial charge is 0.408 e. The second-order valence-electron chi connectivity index (χ2n) is 12.7. The number of aryl methyl sites for hydroxylation is 2. The van der Waals surface area contributed by atoms with Crippen LogP contribution in [0.15, 0.2) is 84.9 Å². The molecule has 3 N–H and O–H groups in total. The molecule has 0 heterocycles. The molecule has 46 heavy (non-hydrogen) atoms. The van der Waals surface area contributed by atoms with Crippen LogP contribution in [0.5, 0.6) is 5.75 Å². The van der Waals surface area contributed by atoms with E-state index in [4.69, 9.17) is 4.74 Å². The number of nitrogens with zero attached hydrogens (tertiary/aromatic N) is 1. The average molecular weight is 624 g/mol. The minimum atomic E-state index is -1.04. The van der Waals surface area contributed by atoms with Crippen LogP contribution in [0.2, 0.25) is 0 Å². The molecule has 0 aliphatic heterocycles. The maximum Gasteiger partial charge on any atom is 0.408 e. The monoisotopic (exact) mass is 623 g/mol. The summed E-state index contributed by atoms with van der Waals surface area (Å²) in [4.78, 5) is 43.8. The molecule has 4 aromatic carbocycles. The lowest BCUT2D eigenvalue weighted by atomic mass is 9.93. The standard InChI is InChI=1S/C38H45N3O5/c1-7-8-22-41(36(44)32(40-37(45)46-38(4,5)6)23-27-16-20-31(42)21-17-27)34(33-25(2)12-11-13-26(33)3)35(43)39-30-19-18-28-14-9-10-15-29(28)24-30/h9-21,24,32,34,42H,7-8,22-23H2,1-6H3,(H,39,43)(H,40,45). The molecule has 8 heteroatoms. The summed E-state index contributed by atoms with van der Waals surface area (Å²) in [5, 5.41) is 17.8. The van der Waals surface area contributed by atoms with Gasteiger partial charge in [-0.2, -0.15) is 0 Å². The van der Waals surface area contributed by atoms with Crippen molar-refractivity contribution in [3.8, 4) is 5.75 Å². The van der Waals surface area contributed by atoms with Gasteiger partial charge in [-0.3, -0.25) is 9.59 Å². The summed E-state index contributed by atoms with van der Waals surface area (Å²) in [6, 6.07) is 23.9. The number of benzene rings is 4. The molecule has 4 aromatic rings. The van der Waals surface area contributed by atoms with Crippen LogP contribution < -0.4 is 10.6 Å². The Labute approximate surface area is 271 Å². The van der Waals surface area contributed by atoms with Crippen LogP contribution >= 0.6 is 0 Å². The van der Waals surface area contributed by atoms with E-state index in [2.05, 4.69) is 10.6 Å². The highest BCUT2D eigenvalue weighted by molar-refractivity contribution is 6.00. The van der Waals surface area contributed by atoms with Gasteiger partial charge >= 0.3 is 6.09 Å². The number of unbranched alkanes of at least 4 members (excludes halogenated alkanes) is 1. The Balaban J connectivity index is 1.78. The van der Waals surface area contributed by atoms with Gasteiger partial charge in [-0.05, 0) is 98.3 Å². The van der Waals surface area contributed by atoms with Crippen molar-refractivity contribution in [2.45, 2.75) is 78.5 Å². The van der Waals surface area contributed by atoms with Gasteiger partial charge in [0.1, 0.15) is 23.4 Å². The summed E-state index contributed by atoms with van der Waals surface area (Å²) >= 11 is 0. The predicted molar refractivity (Wildman–Crippen MR) is 183 cm³/mol. The first-order valence-corrected chi connectivity index (χ1v) is 15.8. The summed E-state index contributed by atoms with van der Waals surface area (Å²) in [5.74, 6) is -0.664. The maximum atomic E-state index is 14.7. The third-order valence-electron chi connectivity index (χ3n) is 7.79. The number of ether oxygens (including phenoxy) is 1. The van der Waals surface area contributed by atoms with E-state index in [1.807, 2.05) is 81.4 Å². The molecule has 0 aliphatic carbocycles. The number of carbonyl (C=O) groups is 3. The topological polar surface area (TPSA) is 108 Å². The number of anilines is 1. The van der Waals surface area contributed by atoms with Gasteiger partial charge < -0.3 is 25.4 Å².